The van der Waals surface area contributed by atoms with E-state index in [0.717, 1.165) is 0 Å². The van der Waals surface area contributed by atoms with E-state index in [1.54, 1.807) is 29.6 Å². The first-order valence-electron chi connectivity index (χ1n) is 13.1. The van der Waals surface area contributed by atoms with Crippen molar-refractivity contribution >= 4 is 40.2 Å². The molecule has 1 unspecified atom stereocenters. The van der Waals surface area contributed by atoms with Crippen LogP contribution in [0.3, 0.4) is 0 Å². The summed E-state index contributed by atoms with van der Waals surface area (Å²) < 4.78 is 39.1. The minimum Gasteiger partial charge on any atom is -0.338 e. The van der Waals surface area contributed by atoms with Gasteiger partial charge in [0.1, 0.15) is 18.1 Å². The number of carbonyl (C=O) groups is 3. The van der Waals surface area contributed by atoms with Gasteiger partial charge in [0.15, 0.2) is 0 Å². The predicted molar refractivity (Wildman–Crippen MR) is 145 cm³/mol. The number of fused-ring (bicyclic) bond motifs is 2. The summed E-state index contributed by atoms with van der Waals surface area (Å²) in [6.45, 7) is 8.53. The van der Waals surface area contributed by atoms with Crippen LogP contribution in [-0.4, -0.2) is 58.5 Å². The largest absolute Gasteiger partial charge is 0.471 e. The van der Waals surface area contributed by atoms with Crippen LogP contribution in [0.1, 0.15) is 40.2 Å². The van der Waals surface area contributed by atoms with Crippen molar-refractivity contribution < 1.29 is 27.6 Å². The molecule has 1 aromatic carbocycles. The summed E-state index contributed by atoms with van der Waals surface area (Å²) in [5, 5.41) is 15.4. The highest BCUT2D eigenvalue weighted by atomic mass is 35.5. The smallest absolute Gasteiger partial charge is 0.338 e. The van der Waals surface area contributed by atoms with Crippen LogP contribution in [0.2, 0.25) is 5.02 Å². The van der Waals surface area contributed by atoms with Crippen LogP contribution in [0.5, 0.6) is 0 Å². The van der Waals surface area contributed by atoms with Crippen LogP contribution in [-0.2, 0) is 20.8 Å². The Balaban J connectivity index is 1.57. The van der Waals surface area contributed by atoms with Crippen LogP contribution in [0, 0.1) is 34.0 Å². The molecule has 1 saturated heterocycles. The number of aromatic amines is 1. The van der Waals surface area contributed by atoms with Gasteiger partial charge in [0.2, 0.25) is 11.8 Å². The first-order valence-corrected chi connectivity index (χ1v) is 13.4. The highest BCUT2D eigenvalue weighted by Gasteiger charge is 2.70. The Morgan fingerprint density at radius 2 is 1.85 bits per heavy atom. The minimum absolute atomic E-state index is 0.0863. The zero-order valence-electron chi connectivity index (χ0n) is 23.1. The molecule has 1 aromatic heterocycles. The lowest BCUT2D eigenvalue weighted by atomic mass is 9.85. The van der Waals surface area contributed by atoms with Gasteiger partial charge in [-0.05, 0) is 46.3 Å². The topological polar surface area (TPSA) is 135 Å². The number of likely N-dealkylation sites (tertiary alicyclic amines) is 1. The van der Waals surface area contributed by atoms with Crippen LogP contribution in [0.4, 0.5) is 13.2 Å². The van der Waals surface area contributed by atoms with Crippen LogP contribution in [0.25, 0.3) is 10.9 Å². The molecule has 2 heterocycles. The lowest BCUT2D eigenvalue weighted by Crippen LogP contribution is -2.61. The Kier molecular flexibility index (Phi) is 7.67. The standard InChI is InChI=1S/C28H31ClF3N5O4/c1-26(2,3)21(36-25(41)28(30,31)32)24(40)37-12-17-19(27(17,4)5)20(37)23(39)34-16(11-33)9-14-8-13-6-7-15(29)10-18(13)35-22(14)38/h6-8,10,16-17,19-21H,9,12H2,1-5H3,(H,34,39)(H,35,38)(H,36,41)/t16?,17-,19-,20-,21+/m0/s1. The predicted octanol–water partition coefficient (Wildman–Crippen LogP) is 3.31. The maximum atomic E-state index is 13.6. The van der Waals surface area contributed by atoms with Crippen molar-refractivity contribution in [1.82, 2.24) is 20.5 Å². The average molecular weight is 594 g/mol. The maximum Gasteiger partial charge on any atom is 0.471 e. The highest BCUT2D eigenvalue weighted by Crippen LogP contribution is 2.65. The number of H-pyrrole nitrogens is 1. The van der Waals surface area contributed by atoms with E-state index >= 15 is 0 Å². The molecule has 5 atom stereocenters. The third-order valence-corrected chi connectivity index (χ3v) is 8.42. The molecule has 0 spiro atoms. The number of nitriles is 1. The van der Waals surface area contributed by atoms with E-state index in [0.29, 0.717) is 15.9 Å². The molecule has 9 nitrogen and oxygen atoms in total. The molecule has 0 radical (unpaired) electrons. The summed E-state index contributed by atoms with van der Waals surface area (Å²) in [4.78, 5) is 55.6. The minimum atomic E-state index is -5.19. The Labute approximate surface area is 239 Å². The summed E-state index contributed by atoms with van der Waals surface area (Å²) in [7, 11) is 0. The number of aromatic nitrogens is 1. The van der Waals surface area contributed by atoms with Crippen molar-refractivity contribution in [3.63, 3.8) is 0 Å². The summed E-state index contributed by atoms with van der Waals surface area (Å²) in [5.74, 6) is -4.09. The van der Waals surface area contributed by atoms with E-state index in [-0.39, 0.29) is 35.8 Å². The molecule has 0 bridgehead atoms. The van der Waals surface area contributed by atoms with Crippen LogP contribution >= 0.6 is 11.6 Å². The van der Waals surface area contributed by atoms with Crippen LogP contribution < -0.4 is 16.2 Å². The van der Waals surface area contributed by atoms with Gasteiger partial charge in [0.05, 0.1) is 6.07 Å². The monoisotopic (exact) mass is 593 g/mol. The summed E-state index contributed by atoms with van der Waals surface area (Å²) >= 11 is 5.98. The average Bonchev–Trinajstić information content (AvgIpc) is 3.18. The summed E-state index contributed by atoms with van der Waals surface area (Å²) in [6.07, 6.45) is -5.32. The molecule has 3 amide bonds. The molecular formula is C28H31ClF3N5O4. The lowest BCUT2D eigenvalue weighted by Gasteiger charge is -2.37. The van der Waals surface area contributed by atoms with Gasteiger partial charge in [-0.3, -0.25) is 19.2 Å². The quantitative estimate of drug-likeness (QED) is 0.472. The van der Waals surface area contributed by atoms with Crippen LogP contribution in [0.15, 0.2) is 29.1 Å². The molecular weight excluding hydrogens is 563 g/mol. The number of piperidine rings is 1. The van der Waals surface area contributed by atoms with Gasteiger partial charge in [-0.2, -0.15) is 18.4 Å². The molecule has 13 heteroatoms. The van der Waals surface area contributed by atoms with Crippen molar-refractivity contribution in [1.29, 1.82) is 5.26 Å². The van der Waals surface area contributed by atoms with Crippen molar-refractivity contribution in [2.75, 3.05) is 6.54 Å². The zero-order chi connectivity index (χ0) is 30.7. The number of nitrogens with one attached hydrogen (secondary N) is 3. The number of benzene rings is 1. The van der Waals surface area contributed by atoms with E-state index in [2.05, 4.69) is 10.3 Å². The molecule has 4 rings (SSSR count). The van der Waals surface area contributed by atoms with Crippen molar-refractivity contribution in [2.45, 2.75) is 65.3 Å². The summed E-state index contributed by atoms with van der Waals surface area (Å²) in [5.41, 5.74) is -1.11. The maximum absolute atomic E-state index is 13.6. The molecule has 2 aromatic rings. The van der Waals surface area contributed by atoms with Crippen molar-refractivity contribution in [2.24, 2.45) is 22.7 Å². The molecule has 2 aliphatic rings. The first-order chi connectivity index (χ1) is 18.9. The number of carbonyl (C=O) groups excluding carboxylic acids is 3. The number of pyridine rings is 1. The van der Waals surface area contributed by atoms with E-state index < -0.39 is 53.0 Å². The van der Waals surface area contributed by atoms with Gasteiger partial charge < -0.3 is 20.5 Å². The van der Waals surface area contributed by atoms with Gasteiger partial charge in [0, 0.05) is 29.1 Å². The summed E-state index contributed by atoms with van der Waals surface area (Å²) in [6, 6.07) is 4.78. The third-order valence-electron chi connectivity index (χ3n) is 8.19. The molecule has 3 N–H and O–H groups in total. The first kappa shape index (κ1) is 30.4. The third kappa shape index (κ3) is 5.91. The molecule has 220 valence electrons. The highest BCUT2D eigenvalue weighted by molar-refractivity contribution is 6.31. The Morgan fingerprint density at radius 1 is 1.20 bits per heavy atom. The zero-order valence-corrected chi connectivity index (χ0v) is 23.9. The Morgan fingerprint density at radius 3 is 2.44 bits per heavy atom. The van der Waals surface area contributed by atoms with Crippen molar-refractivity contribution in [3.8, 4) is 6.07 Å². The van der Waals surface area contributed by atoms with Gasteiger partial charge in [-0.25, -0.2) is 0 Å². The Hall–Kier alpha value is -3.59. The fourth-order valence-corrected chi connectivity index (χ4v) is 5.99. The number of alkyl halides is 3. The van der Waals surface area contributed by atoms with Gasteiger partial charge in [-0.15, -0.1) is 0 Å². The second-order valence-electron chi connectivity index (χ2n) is 12.4. The number of rotatable bonds is 6. The fourth-order valence-electron chi connectivity index (χ4n) is 5.82. The number of amides is 3. The number of hydrogen-bond acceptors (Lipinski definition) is 5. The van der Waals surface area contributed by atoms with E-state index in [4.69, 9.17) is 11.6 Å². The number of hydrogen-bond donors (Lipinski definition) is 3. The van der Waals surface area contributed by atoms with Gasteiger partial charge in [0.25, 0.3) is 5.56 Å². The normalized spacial score (nSPS) is 22.8. The van der Waals surface area contributed by atoms with E-state index in [1.165, 1.54) is 25.7 Å². The molecule has 1 saturated carbocycles. The Bertz CT molecular complexity index is 1510. The molecule has 1 aliphatic heterocycles. The fraction of sp³-hybridized carbons (Fsp3) is 0.536. The van der Waals surface area contributed by atoms with Crippen molar-refractivity contribution in [3.05, 3.63) is 45.2 Å². The van der Waals surface area contributed by atoms with E-state index in [1.807, 2.05) is 19.9 Å². The lowest BCUT2D eigenvalue weighted by molar-refractivity contribution is -0.176. The second kappa shape index (κ2) is 10.4. The number of halogens is 4. The molecule has 41 heavy (non-hydrogen) atoms. The van der Waals surface area contributed by atoms with Gasteiger partial charge in [-0.1, -0.05) is 52.3 Å². The SMILES string of the molecule is CC(C)(C)[C@H](NC(=O)C(F)(F)F)C(=O)N1C[C@H]2[C@@H]([C@H]1C(=O)NC(C#N)Cc1cc3ccc(Cl)cc3[nH]c1=O)C2(C)C. The molecule has 1 aliphatic carbocycles. The number of nitrogens with zero attached hydrogens (tertiary/aromatic N) is 2. The molecule has 2 fully saturated rings. The second-order valence-corrected chi connectivity index (χ2v) is 12.8. The van der Waals surface area contributed by atoms with E-state index in [9.17, 15) is 37.6 Å². The van der Waals surface area contributed by atoms with Gasteiger partial charge >= 0.3 is 12.1 Å².